The topological polar surface area (TPSA) is 110 Å². The van der Waals surface area contributed by atoms with Crippen molar-refractivity contribution in [3.8, 4) is 0 Å². The first-order chi connectivity index (χ1) is 19.8. The number of carboxylic acid groups (broad SMARTS) is 1. The van der Waals surface area contributed by atoms with E-state index < -0.39 is 11.8 Å². The minimum Gasteiger partial charge on any atom is -0.477 e. The largest absolute Gasteiger partial charge is 0.477 e. The Balaban J connectivity index is 1.12. The molecule has 0 bridgehead atoms. The first-order valence-corrected chi connectivity index (χ1v) is 14.1. The van der Waals surface area contributed by atoms with E-state index in [1.807, 2.05) is 4.57 Å². The number of halogens is 2. The average Bonchev–Trinajstić information content (AvgIpc) is 3.28. The van der Waals surface area contributed by atoms with Crippen molar-refractivity contribution >= 4 is 34.5 Å². The maximum absolute atomic E-state index is 14.3. The number of aromatic carboxylic acids is 1. The fourth-order valence-electron chi connectivity index (χ4n) is 5.45. The number of ether oxygens (including phenoxy) is 1. The molecule has 2 aliphatic rings. The summed E-state index contributed by atoms with van der Waals surface area (Å²) in [4.78, 5) is 40.8. The number of fused-ring (bicyclic) bond motifs is 1. The van der Waals surface area contributed by atoms with E-state index in [2.05, 4.69) is 14.9 Å². The summed E-state index contributed by atoms with van der Waals surface area (Å²) in [7, 11) is 0. The van der Waals surface area contributed by atoms with Crippen LogP contribution >= 0.6 is 11.6 Å². The minimum absolute atomic E-state index is 0.00264. The molecule has 1 aromatic carbocycles. The highest BCUT2D eigenvalue weighted by atomic mass is 35.5. The Morgan fingerprint density at radius 2 is 1.83 bits per heavy atom. The summed E-state index contributed by atoms with van der Waals surface area (Å²) in [5.41, 5.74) is 2.68. The molecular weight excluding hydrogens is 549 g/mol. The van der Waals surface area contributed by atoms with Crippen LogP contribution in [-0.2, 0) is 24.2 Å². The van der Waals surface area contributed by atoms with Gasteiger partial charge in [-0.05, 0) is 74.3 Å². The van der Waals surface area contributed by atoms with Gasteiger partial charge in [0.25, 0.3) is 0 Å². The Labute approximate surface area is 240 Å². The third kappa shape index (κ3) is 6.00. The second-order valence-electron chi connectivity index (χ2n) is 10.6. The average molecular weight is 578 g/mol. The molecule has 2 saturated heterocycles. The van der Waals surface area contributed by atoms with Gasteiger partial charge in [0.1, 0.15) is 22.9 Å². The zero-order valence-corrected chi connectivity index (χ0v) is 23.1. The number of hydrogen-bond donors (Lipinski definition) is 1. The Hall–Kier alpha value is -3.73. The Morgan fingerprint density at radius 3 is 2.54 bits per heavy atom. The number of carboxylic acids is 1. The molecule has 3 aromatic heterocycles. The van der Waals surface area contributed by atoms with Gasteiger partial charge in [-0.15, -0.1) is 0 Å². The molecule has 5 heterocycles. The molecule has 1 N–H and O–H groups in total. The number of likely N-dealkylation sites (tertiary alicyclic amines) is 1. The first-order valence-electron chi connectivity index (χ1n) is 13.7. The van der Waals surface area contributed by atoms with Gasteiger partial charge in [0.05, 0.1) is 19.2 Å². The number of nitrogens with zero attached hydrogens (tertiary/aromatic N) is 5. The van der Waals surface area contributed by atoms with E-state index >= 15 is 0 Å². The highest BCUT2D eigenvalue weighted by Gasteiger charge is 2.29. The molecule has 212 valence electrons. The Kier molecular flexibility index (Phi) is 7.79. The predicted octanol–water partition coefficient (Wildman–Crippen LogP) is 4.79. The summed E-state index contributed by atoms with van der Waals surface area (Å²) in [5, 5.41) is 9.76. The molecule has 6 rings (SSSR count). The van der Waals surface area contributed by atoms with Crippen molar-refractivity contribution in [3.05, 3.63) is 87.8 Å². The van der Waals surface area contributed by atoms with Gasteiger partial charge in [0.15, 0.2) is 17.1 Å². The number of rotatable bonds is 9. The number of ketones is 1. The van der Waals surface area contributed by atoms with Crippen molar-refractivity contribution in [2.24, 2.45) is 5.92 Å². The van der Waals surface area contributed by atoms with E-state index in [1.165, 1.54) is 12.1 Å². The molecule has 2 fully saturated rings. The maximum Gasteiger partial charge on any atom is 0.354 e. The fraction of sp³-hybridized carbons (Fsp3) is 0.367. The highest BCUT2D eigenvalue weighted by molar-refractivity contribution is 6.30. The van der Waals surface area contributed by atoms with Gasteiger partial charge in [0, 0.05) is 29.7 Å². The van der Waals surface area contributed by atoms with Crippen LogP contribution in [0.25, 0.3) is 11.2 Å². The molecule has 9 nitrogen and oxygen atoms in total. The van der Waals surface area contributed by atoms with Gasteiger partial charge in [-0.3, -0.25) is 9.69 Å². The first kappa shape index (κ1) is 27.4. The van der Waals surface area contributed by atoms with E-state index in [9.17, 15) is 19.1 Å². The number of pyridine rings is 2. The van der Waals surface area contributed by atoms with Crippen LogP contribution < -0.4 is 0 Å². The highest BCUT2D eigenvalue weighted by Crippen LogP contribution is 2.26. The molecule has 2 aliphatic heterocycles. The lowest BCUT2D eigenvalue weighted by Crippen LogP contribution is -2.37. The zero-order chi connectivity index (χ0) is 28.5. The number of imidazole rings is 1. The van der Waals surface area contributed by atoms with Crippen LogP contribution in [-0.4, -0.2) is 67.1 Å². The van der Waals surface area contributed by atoms with Crippen LogP contribution in [0.3, 0.4) is 0 Å². The Bertz CT molecular complexity index is 1610. The molecule has 0 aliphatic carbocycles. The zero-order valence-electron chi connectivity index (χ0n) is 22.3. The number of carbonyl (C=O) groups excluding carboxylic acids is 1. The van der Waals surface area contributed by atoms with E-state index in [0.29, 0.717) is 72.2 Å². The minimum atomic E-state index is -1.08. The smallest absolute Gasteiger partial charge is 0.354 e. The van der Waals surface area contributed by atoms with Crippen molar-refractivity contribution in [2.75, 3.05) is 19.7 Å². The summed E-state index contributed by atoms with van der Waals surface area (Å²) in [5.74, 6) is -0.814. The Morgan fingerprint density at radius 1 is 1.02 bits per heavy atom. The number of carbonyl (C=O) groups is 2. The summed E-state index contributed by atoms with van der Waals surface area (Å²) in [6.45, 7) is 3.27. The van der Waals surface area contributed by atoms with E-state index in [-0.39, 0.29) is 29.9 Å². The van der Waals surface area contributed by atoms with Crippen LogP contribution in [0.5, 0.6) is 0 Å². The number of benzene rings is 1. The van der Waals surface area contributed by atoms with Crippen LogP contribution in [0, 0.1) is 11.7 Å². The fourth-order valence-corrected chi connectivity index (χ4v) is 5.61. The standard InChI is InChI=1S/C30H29ClFN5O4/c31-20-5-4-19(23(32)15-20)14-21-2-1-3-24(33-21)28(38)18-8-11-36(12-9-18)17-27-34-25-6-7-26(30(39)40)35-29(25)37(27)16-22-10-13-41-22/h1-7,15,18,22H,8-14,16-17H2,(H,39,40). The molecule has 0 spiro atoms. The third-order valence-electron chi connectivity index (χ3n) is 7.84. The molecule has 0 amide bonds. The summed E-state index contributed by atoms with van der Waals surface area (Å²) in [6.07, 6.45) is 2.64. The van der Waals surface area contributed by atoms with E-state index in [4.69, 9.17) is 21.3 Å². The van der Waals surface area contributed by atoms with Gasteiger partial charge >= 0.3 is 5.97 Å². The van der Waals surface area contributed by atoms with Crippen LogP contribution in [0.4, 0.5) is 4.39 Å². The van der Waals surface area contributed by atoms with Crippen LogP contribution in [0.2, 0.25) is 5.02 Å². The van der Waals surface area contributed by atoms with Crippen molar-refractivity contribution in [1.82, 2.24) is 24.4 Å². The summed E-state index contributed by atoms with van der Waals surface area (Å²) >= 11 is 5.86. The number of Topliss-reactive ketones (excluding diaryl/α,β-unsaturated/α-hetero) is 1. The second kappa shape index (κ2) is 11.6. The number of hydrogen-bond acceptors (Lipinski definition) is 7. The molecule has 1 atom stereocenters. The van der Waals surface area contributed by atoms with Gasteiger partial charge < -0.3 is 14.4 Å². The van der Waals surface area contributed by atoms with E-state index in [0.717, 1.165) is 18.9 Å². The van der Waals surface area contributed by atoms with Gasteiger partial charge in [-0.25, -0.2) is 24.1 Å². The number of aromatic nitrogens is 4. The van der Waals surface area contributed by atoms with Crippen molar-refractivity contribution in [1.29, 1.82) is 0 Å². The normalized spacial score (nSPS) is 18.0. The quantitative estimate of drug-likeness (QED) is 0.283. The summed E-state index contributed by atoms with van der Waals surface area (Å²) < 4.78 is 21.9. The lowest BCUT2D eigenvalue weighted by atomic mass is 9.90. The molecule has 1 unspecified atom stereocenters. The molecule has 0 saturated carbocycles. The monoisotopic (exact) mass is 577 g/mol. The molecule has 0 radical (unpaired) electrons. The molecule has 4 aromatic rings. The number of piperidine rings is 1. The molecule has 11 heteroatoms. The van der Waals surface area contributed by atoms with Gasteiger partial charge in [-0.1, -0.05) is 23.7 Å². The van der Waals surface area contributed by atoms with Crippen molar-refractivity contribution < 1.29 is 23.8 Å². The van der Waals surface area contributed by atoms with Crippen LogP contribution in [0.1, 0.15) is 57.3 Å². The maximum atomic E-state index is 14.3. The van der Waals surface area contributed by atoms with Crippen molar-refractivity contribution in [2.45, 2.75) is 44.9 Å². The van der Waals surface area contributed by atoms with E-state index in [1.54, 1.807) is 36.4 Å². The SMILES string of the molecule is O=C(O)c1ccc2nc(CN3CCC(C(=O)c4cccc(Cc5ccc(Cl)cc5F)n4)CC3)n(CC3CCO3)c2n1. The van der Waals surface area contributed by atoms with Gasteiger partial charge in [-0.2, -0.15) is 0 Å². The molecule has 41 heavy (non-hydrogen) atoms. The predicted molar refractivity (Wildman–Crippen MR) is 150 cm³/mol. The van der Waals surface area contributed by atoms with Gasteiger partial charge in [0.2, 0.25) is 0 Å². The second-order valence-corrected chi connectivity index (χ2v) is 11.0. The molecular formula is C30H29ClFN5O4. The lowest BCUT2D eigenvalue weighted by Gasteiger charge is -2.32. The third-order valence-corrected chi connectivity index (χ3v) is 8.07. The summed E-state index contributed by atoms with van der Waals surface area (Å²) in [6, 6.07) is 13.0. The van der Waals surface area contributed by atoms with Crippen molar-refractivity contribution in [3.63, 3.8) is 0 Å². The lowest BCUT2D eigenvalue weighted by molar-refractivity contribution is -0.0593. The van der Waals surface area contributed by atoms with Crippen LogP contribution in [0.15, 0.2) is 48.5 Å².